The van der Waals surface area contributed by atoms with E-state index in [1.165, 1.54) is 0 Å². The third-order valence-electron chi connectivity index (χ3n) is 2.90. The quantitative estimate of drug-likeness (QED) is 0.820. The van der Waals surface area contributed by atoms with Crippen molar-refractivity contribution in [2.75, 3.05) is 6.54 Å². The van der Waals surface area contributed by atoms with Gasteiger partial charge in [-0.2, -0.15) is 0 Å². The summed E-state index contributed by atoms with van der Waals surface area (Å²) in [6, 6.07) is 11.8. The average Bonchev–Trinajstić information content (AvgIpc) is 2.49. The zero-order chi connectivity index (χ0) is 13.1. The van der Waals surface area contributed by atoms with Gasteiger partial charge < -0.3 is 0 Å². The van der Waals surface area contributed by atoms with Crippen molar-refractivity contribution < 1.29 is 0 Å². The number of hydrogen-bond acceptors (Lipinski definition) is 4. The highest BCUT2D eigenvalue weighted by atomic mass is 15.0. The minimum atomic E-state index is 0.185. The first kappa shape index (κ1) is 11.7. The summed E-state index contributed by atoms with van der Waals surface area (Å²) < 4.78 is 0. The van der Waals surface area contributed by atoms with Crippen molar-refractivity contribution in [3.63, 3.8) is 0 Å². The molecule has 0 radical (unpaired) electrons. The van der Waals surface area contributed by atoms with Crippen molar-refractivity contribution in [3.8, 4) is 0 Å². The van der Waals surface area contributed by atoms with Crippen LogP contribution in [0.4, 0.5) is 0 Å². The lowest BCUT2D eigenvalue weighted by molar-refractivity contribution is 0.748. The normalized spacial score (nSPS) is 18.7. The van der Waals surface area contributed by atoms with Crippen molar-refractivity contribution >= 4 is 11.4 Å². The summed E-state index contributed by atoms with van der Waals surface area (Å²) in [6.07, 6.45) is 3.54. The van der Waals surface area contributed by atoms with E-state index in [4.69, 9.17) is 4.99 Å². The highest BCUT2D eigenvalue weighted by Gasteiger charge is 2.20. The molecule has 19 heavy (non-hydrogen) atoms. The summed E-state index contributed by atoms with van der Waals surface area (Å²) in [5.41, 5.74) is 3.35. The van der Waals surface area contributed by atoms with E-state index >= 15 is 0 Å². The Kier molecular flexibility index (Phi) is 3.14. The maximum absolute atomic E-state index is 4.69. The number of aliphatic imine (C=N–C) groups is 2. The molecule has 0 amide bonds. The van der Waals surface area contributed by atoms with E-state index in [0.717, 1.165) is 22.8 Å². The van der Waals surface area contributed by atoms with Crippen molar-refractivity contribution in [3.05, 3.63) is 60.2 Å². The number of hydrogen-bond donors (Lipinski definition) is 0. The molecule has 1 aliphatic rings. The van der Waals surface area contributed by atoms with Gasteiger partial charge in [-0.15, -0.1) is 0 Å². The fourth-order valence-electron chi connectivity index (χ4n) is 2.02. The molecule has 1 atom stereocenters. The second-order valence-electron chi connectivity index (χ2n) is 4.45. The Morgan fingerprint density at radius 3 is 2.11 bits per heavy atom. The molecule has 0 N–H and O–H groups in total. The van der Waals surface area contributed by atoms with Crippen LogP contribution < -0.4 is 0 Å². The molecule has 0 saturated heterocycles. The molecule has 3 rings (SSSR count). The minimum Gasteiger partial charge on any atom is -0.279 e. The number of rotatable bonds is 2. The first-order valence-corrected chi connectivity index (χ1v) is 6.30. The molecular formula is C15H14N4. The van der Waals surface area contributed by atoms with Gasteiger partial charge in [0.2, 0.25) is 0 Å². The topological polar surface area (TPSA) is 50.5 Å². The van der Waals surface area contributed by atoms with Gasteiger partial charge in [0.1, 0.15) is 11.4 Å². The molecule has 0 spiro atoms. The van der Waals surface area contributed by atoms with Crippen LogP contribution in [0.25, 0.3) is 0 Å². The molecule has 2 aromatic rings. The van der Waals surface area contributed by atoms with Gasteiger partial charge in [0.05, 0.1) is 24.0 Å². The van der Waals surface area contributed by atoms with Crippen LogP contribution in [0, 0.1) is 0 Å². The number of aromatic nitrogens is 2. The Morgan fingerprint density at radius 2 is 1.53 bits per heavy atom. The van der Waals surface area contributed by atoms with Crippen molar-refractivity contribution in [2.24, 2.45) is 9.98 Å². The fraction of sp³-hybridized carbons (Fsp3) is 0.200. The van der Waals surface area contributed by atoms with E-state index in [0.29, 0.717) is 6.54 Å². The van der Waals surface area contributed by atoms with Crippen LogP contribution in [0.15, 0.2) is 58.8 Å². The van der Waals surface area contributed by atoms with E-state index < -0.39 is 0 Å². The SMILES string of the molecule is CC1CN=C(c2ccccn2)C(c2ccccn2)=N1. The summed E-state index contributed by atoms with van der Waals surface area (Å²) in [6.45, 7) is 2.75. The van der Waals surface area contributed by atoms with E-state index in [-0.39, 0.29) is 6.04 Å². The highest BCUT2D eigenvalue weighted by Crippen LogP contribution is 2.12. The molecule has 1 aliphatic heterocycles. The lowest BCUT2D eigenvalue weighted by Crippen LogP contribution is -2.27. The maximum atomic E-state index is 4.69. The molecule has 4 nitrogen and oxygen atoms in total. The summed E-state index contributed by atoms with van der Waals surface area (Å²) in [7, 11) is 0. The van der Waals surface area contributed by atoms with Crippen LogP contribution in [0.1, 0.15) is 18.3 Å². The summed E-state index contributed by atoms with van der Waals surface area (Å²) in [5.74, 6) is 0. The van der Waals surface area contributed by atoms with Crippen molar-refractivity contribution in [1.82, 2.24) is 9.97 Å². The van der Waals surface area contributed by atoms with Crippen LogP contribution in [0.5, 0.6) is 0 Å². The van der Waals surface area contributed by atoms with Gasteiger partial charge in [0, 0.05) is 12.4 Å². The molecule has 3 heterocycles. The lowest BCUT2D eigenvalue weighted by Gasteiger charge is -2.17. The monoisotopic (exact) mass is 250 g/mol. The lowest BCUT2D eigenvalue weighted by atomic mass is 10.1. The molecule has 0 aromatic carbocycles. The third-order valence-corrected chi connectivity index (χ3v) is 2.90. The molecule has 0 fully saturated rings. The van der Waals surface area contributed by atoms with Gasteiger partial charge in [-0.3, -0.25) is 20.0 Å². The van der Waals surface area contributed by atoms with Gasteiger partial charge in [-0.1, -0.05) is 12.1 Å². The van der Waals surface area contributed by atoms with E-state index in [9.17, 15) is 0 Å². The zero-order valence-corrected chi connectivity index (χ0v) is 10.7. The van der Waals surface area contributed by atoms with Crippen molar-refractivity contribution in [1.29, 1.82) is 0 Å². The van der Waals surface area contributed by atoms with Crippen LogP contribution in [-0.4, -0.2) is 34.0 Å². The molecule has 1 unspecified atom stereocenters. The van der Waals surface area contributed by atoms with E-state index in [2.05, 4.69) is 21.9 Å². The molecule has 94 valence electrons. The predicted molar refractivity (Wildman–Crippen MR) is 75.9 cm³/mol. The predicted octanol–water partition coefficient (Wildman–Crippen LogP) is 2.16. The Labute approximate surface area is 112 Å². The largest absolute Gasteiger partial charge is 0.279 e. The summed E-state index contributed by atoms with van der Waals surface area (Å²) in [4.78, 5) is 18.1. The van der Waals surface area contributed by atoms with Gasteiger partial charge in [0.25, 0.3) is 0 Å². The fourth-order valence-corrected chi connectivity index (χ4v) is 2.02. The maximum Gasteiger partial charge on any atom is 0.111 e. The van der Waals surface area contributed by atoms with E-state index in [1.54, 1.807) is 12.4 Å². The highest BCUT2D eigenvalue weighted by molar-refractivity contribution is 6.53. The first-order valence-electron chi connectivity index (χ1n) is 6.30. The zero-order valence-electron chi connectivity index (χ0n) is 10.7. The minimum absolute atomic E-state index is 0.185. The van der Waals surface area contributed by atoms with Crippen LogP contribution >= 0.6 is 0 Å². The van der Waals surface area contributed by atoms with Crippen LogP contribution in [0.2, 0.25) is 0 Å². The Morgan fingerprint density at radius 1 is 0.895 bits per heavy atom. The average molecular weight is 250 g/mol. The molecule has 0 bridgehead atoms. The van der Waals surface area contributed by atoms with E-state index in [1.807, 2.05) is 36.4 Å². The molecular weight excluding hydrogens is 236 g/mol. The number of pyridine rings is 2. The standard InChI is InChI=1S/C15H14N4/c1-11-10-18-14(12-6-2-4-8-16-12)15(19-11)13-7-3-5-9-17-13/h2-9,11H,10H2,1H3. The van der Waals surface area contributed by atoms with Crippen LogP contribution in [-0.2, 0) is 0 Å². The Hall–Kier alpha value is -2.36. The number of nitrogens with zero attached hydrogens (tertiary/aromatic N) is 4. The second kappa shape index (κ2) is 5.10. The molecule has 0 aliphatic carbocycles. The van der Waals surface area contributed by atoms with Gasteiger partial charge >= 0.3 is 0 Å². The first-order chi connectivity index (χ1) is 9.34. The van der Waals surface area contributed by atoms with Crippen molar-refractivity contribution in [2.45, 2.75) is 13.0 Å². The Balaban J connectivity index is 2.07. The molecule has 0 saturated carbocycles. The van der Waals surface area contributed by atoms with Gasteiger partial charge in [-0.25, -0.2) is 0 Å². The molecule has 2 aromatic heterocycles. The summed E-state index contributed by atoms with van der Waals surface area (Å²) in [5, 5.41) is 0. The smallest absolute Gasteiger partial charge is 0.111 e. The van der Waals surface area contributed by atoms with Crippen LogP contribution in [0.3, 0.4) is 0 Å². The molecule has 4 heteroatoms. The Bertz CT molecular complexity index is 617. The van der Waals surface area contributed by atoms with Gasteiger partial charge in [0.15, 0.2) is 0 Å². The van der Waals surface area contributed by atoms with Gasteiger partial charge in [-0.05, 0) is 31.2 Å². The third kappa shape index (κ3) is 2.42. The summed E-state index contributed by atoms with van der Waals surface area (Å²) >= 11 is 0. The second-order valence-corrected chi connectivity index (χ2v) is 4.45.